The topological polar surface area (TPSA) is 98.0 Å². The summed E-state index contributed by atoms with van der Waals surface area (Å²) in [6.45, 7) is 4.10. The third kappa shape index (κ3) is 9.15. The molecule has 0 aromatic heterocycles. The fourth-order valence-electron chi connectivity index (χ4n) is 4.08. The van der Waals surface area contributed by atoms with Crippen molar-refractivity contribution in [3.8, 4) is 0 Å². The first-order chi connectivity index (χ1) is 12.3. The van der Waals surface area contributed by atoms with E-state index >= 15 is 0 Å². The van der Waals surface area contributed by atoms with E-state index in [1.807, 2.05) is 0 Å². The van der Waals surface area contributed by atoms with Crippen LogP contribution < -0.4 is 0 Å². The van der Waals surface area contributed by atoms with Crippen LogP contribution in [0.5, 0.6) is 0 Å². The quantitative estimate of drug-likeness (QED) is 0.293. The molecule has 1 rings (SSSR count). The lowest BCUT2D eigenvalue weighted by Crippen LogP contribution is -2.24. The molecular weight excluding hydrogens is 332 g/mol. The Morgan fingerprint density at radius 1 is 1.00 bits per heavy atom. The molecule has 26 heavy (non-hydrogen) atoms. The molecule has 0 unspecified atom stereocenters. The summed E-state index contributed by atoms with van der Waals surface area (Å²) in [5.74, 6) is -0.598. The number of allylic oxidation sites excluding steroid dienone is 2. The molecule has 152 valence electrons. The summed E-state index contributed by atoms with van der Waals surface area (Å²) < 4.78 is 0. The zero-order chi connectivity index (χ0) is 19.5. The number of aliphatic hydroxyl groups excluding tert-OH is 3. The van der Waals surface area contributed by atoms with Crippen LogP contribution in [0.25, 0.3) is 0 Å². The summed E-state index contributed by atoms with van der Waals surface area (Å²) in [5.41, 5.74) is 1.26. The van der Waals surface area contributed by atoms with E-state index in [9.17, 15) is 20.1 Å². The SMILES string of the molecule is CC(C)=CCC[C@@H](O)CC[C@@H]1[C@@H](CCCCCCC(=O)O)[C@@H](O)C[C@H]1O. The van der Waals surface area contributed by atoms with Gasteiger partial charge in [0.05, 0.1) is 18.3 Å². The van der Waals surface area contributed by atoms with Gasteiger partial charge in [0.25, 0.3) is 0 Å². The molecular formula is C21H38O5. The predicted octanol–water partition coefficient (Wildman–Crippen LogP) is 3.66. The summed E-state index contributed by atoms with van der Waals surface area (Å²) in [6.07, 6.45) is 8.89. The summed E-state index contributed by atoms with van der Waals surface area (Å²) in [7, 11) is 0. The van der Waals surface area contributed by atoms with E-state index in [2.05, 4.69) is 19.9 Å². The van der Waals surface area contributed by atoms with Crippen LogP contribution in [-0.4, -0.2) is 44.7 Å². The van der Waals surface area contributed by atoms with Crippen molar-refractivity contribution in [2.75, 3.05) is 0 Å². The van der Waals surface area contributed by atoms with Crippen molar-refractivity contribution >= 4 is 5.97 Å². The third-order valence-corrected chi connectivity index (χ3v) is 5.59. The first kappa shape index (κ1) is 23.1. The number of unbranched alkanes of at least 4 members (excludes halogenated alkanes) is 3. The largest absolute Gasteiger partial charge is 0.481 e. The number of aliphatic carboxylic acids is 1. The maximum absolute atomic E-state index is 10.5. The highest BCUT2D eigenvalue weighted by Gasteiger charge is 2.40. The monoisotopic (exact) mass is 370 g/mol. The zero-order valence-electron chi connectivity index (χ0n) is 16.4. The van der Waals surface area contributed by atoms with Crippen molar-refractivity contribution < 1.29 is 25.2 Å². The Morgan fingerprint density at radius 2 is 1.62 bits per heavy atom. The fraction of sp³-hybridized carbons (Fsp3) is 0.857. The molecule has 0 bridgehead atoms. The second-order valence-electron chi connectivity index (χ2n) is 8.13. The Labute approximate surface area is 158 Å². The van der Waals surface area contributed by atoms with Crippen LogP contribution in [-0.2, 0) is 4.79 Å². The summed E-state index contributed by atoms with van der Waals surface area (Å²) in [4.78, 5) is 10.5. The number of aliphatic hydroxyl groups is 3. The second-order valence-corrected chi connectivity index (χ2v) is 8.13. The van der Waals surface area contributed by atoms with Crippen molar-refractivity contribution in [1.82, 2.24) is 0 Å². The molecule has 0 aromatic carbocycles. The van der Waals surface area contributed by atoms with Crippen molar-refractivity contribution in [3.05, 3.63) is 11.6 Å². The maximum Gasteiger partial charge on any atom is 0.303 e. The van der Waals surface area contributed by atoms with Gasteiger partial charge in [-0.3, -0.25) is 4.79 Å². The van der Waals surface area contributed by atoms with Crippen molar-refractivity contribution in [2.45, 2.75) is 103 Å². The van der Waals surface area contributed by atoms with E-state index in [4.69, 9.17) is 5.11 Å². The molecule has 0 saturated heterocycles. The Morgan fingerprint density at radius 3 is 2.23 bits per heavy atom. The number of carbonyl (C=O) groups is 1. The smallest absolute Gasteiger partial charge is 0.303 e. The highest BCUT2D eigenvalue weighted by Crippen LogP contribution is 2.39. The van der Waals surface area contributed by atoms with Gasteiger partial charge in [-0.15, -0.1) is 0 Å². The van der Waals surface area contributed by atoms with Crippen LogP contribution in [0.3, 0.4) is 0 Å². The zero-order valence-corrected chi connectivity index (χ0v) is 16.4. The van der Waals surface area contributed by atoms with Gasteiger partial charge in [-0.2, -0.15) is 0 Å². The minimum absolute atomic E-state index is 0.0575. The molecule has 5 atom stereocenters. The molecule has 0 aliphatic heterocycles. The molecule has 0 aromatic rings. The summed E-state index contributed by atoms with van der Waals surface area (Å²) >= 11 is 0. The standard InChI is InChI=1S/C21H38O5/c1-15(2)8-7-9-16(22)12-13-18-17(19(23)14-20(18)24)10-5-3-4-6-11-21(25)26/h8,16-20,22-24H,3-7,9-14H2,1-2H3,(H,25,26)/t16-,17-,18-,19+,20-/m1/s1. The highest BCUT2D eigenvalue weighted by molar-refractivity contribution is 5.66. The molecule has 5 nitrogen and oxygen atoms in total. The molecule has 5 heteroatoms. The van der Waals surface area contributed by atoms with Crippen LogP contribution in [0, 0.1) is 11.8 Å². The molecule has 4 N–H and O–H groups in total. The van der Waals surface area contributed by atoms with E-state index in [0.29, 0.717) is 19.3 Å². The van der Waals surface area contributed by atoms with Gasteiger partial charge in [0.1, 0.15) is 0 Å². The summed E-state index contributed by atoms with van der Waals surface area (Å²) in [5, 5.41) is 39.3. The van der Waals surface area contributed by atoms with E-state index in [1.54, 1.807) is 0 Å². The third-order valence-electron chi connectivity index (χ3n) is 5.59. The molecule has 1 saturated carbocycles. The molecule has 0 amide bonds. The first-order valence-corrected chi connectivity index (χ1v) is 10.2. The Hall–Kier alpha value is -0.910. The van der Waals surface area contributed by atoms with Crippen LogP contribution >= 0.6 is 0 Å². The van der Waals surface area contributed by atoms with E-state index in [1.165, 1.54) is 5.57 Å². The van der Waals surface area contributed by atoms with E-state index in [0.717, 1.165) is 44.9 Å². The molecule has 0 heterocycles. The fourth-order valence-corrected chi connectivity index (χ4v) is 4.08. The molecule has 1 fully saturated rings. The first-order valence-electron chi connectivity index (χ1n) is 10.2. The molecule has 0 radical (unpaired) electrons. The normalized spacial score (nSPS) is 26.7. The Kier molecular flexibility index (Phi) is 11.1. The van der Waals surface area contributed by atoms with Gasteiger partial charge in [-0.1, -0.05) is 30.9 Å². The van der Waals surface area contributed by atoms with Crippen molar-refractivity contribution in [1.29, 1.82) is 0 Å². The number of carboxylic acids is 1. The number of rotatable bonds is 13. The van der Waals surface area contributed by atoms with Crippen molar-refractivity contribution in [3.63, 3.8) is 0 Å². The summed E-state index contributed by atoms with van der Waals surface area (Å²) in [6, 6.07) is 0. The van der Waals surface area contributed by atoms with Gasteiger partial charge in [-0.25, -0.2) is 0 Å². The molecule has 1 aliphatic carbocycles. The molecule has 0 spiro atoms. The minimum Gasteiger partial charge on any atom is -0.481 e. The van der Waals surface area contributed by atoms with E-state index < -0.39 is 18.2 Å². The minimum atomic E-state index is -0.748. The van der Waals surface area contributed by atoms with Crippen LogP contribution in [0.1, 0.15) is 84.5 Å². The van der Waals surface area contributed by atoms with Gasteiger partial charge in [-0.05, 0) is 70.6 Å². The maximum atomic E-state index is 10.5. The van der Waals surface area contributed by atoms with Gasteiger partial charge in [0.15, 0.2) is 0 Å². The Balaban J connectivity index is 2.32. The Bertz CT molecular complexity index is 430. The lowest BCUT2D eigenvalue weighted by atomic mass is 9.84. The van der Waals surface area contributed by atoms with Crippen LogP contribution in [0.2, 0.25) is 0 Å². The predicted molar refractivity (Wildman–Crippen MR) is 103 cm³/mol. The van der Waals surface area contributed by atoms with Crippen LogP contribution in [0.4, 0.5) is 0 Å². The highest BCUT2D eigenvalue weighted by atomic mass is 16.4. The molecule has 1 aliphatic rings. The van der Waals surface area contributed by atoms with Crippen LogP contribution in [0.15, 0.2) is 11.6 Å². The number of hydrogen-bond acceptors (Lipinski definition) is 4. The van der Waals surface area contributed by atoms with Crippen molar-refractivity contribution in [2.24, 2.45) is 11.8 Å². The average molecular weight is 371 g/mol. The number of hydrogen-bond donors (Lipinski definition) is 4. The van der Waals surface area contributed by atoms with Gasteiger partial charge in [0, 0.05) is 6.42 Å². The average Bonchev–Trinajstić information content (AvgIpc) is 2.81. The lowest BCUT2D eigenvalue weighted by molar-refractivity contribution is -0.137. The van der Waals surface area contributed by atoms with Gasteiger partial charge >= 0.3 is 5.97 Å². The van der Waals surface area contributed by atoms with Gasteiger partial charge < -0.3 is 20.4 Å². The lowest BCUT2D eigenvalue weighted by Gasteiger charge is -2.24. The van der Waals surface area contributed by atoms with E-state index in [-0.39, 0.29) is 24.4 Å². The second kappa shape index (κ2) is 12.5. The number of carboxylic acid groups (broad SMARTS) is 1. The van der Waals surface area contributed by atoms with Gasteiger partial charge in [0.2, 0.25) is 0 Å².